The predicted octanol–water partition coefficient (Wildman–Crippen LogP) is 2.66. The number of benzene rings is 3. The highest BCUT2D eigenvalue weighted by Crippen LogP contribution is 2.26. The summed E-state index contributed by atoms with van der Waals surface area (Å²) in [7, 11) is 1.58. The van der Waals surface area contributed by atoms with Gasteiger partial charge in [0.1, 0.15) is 23.9 Å². The monoisotopic (exact) mass is 542 g/mol. The lowest BCUT2D eigenvalue weighted by Gasteiger charge is -2.34. The molecule has 5 rings (SSSR count). The number of hydrogen-bond acceptors (Lipinski definition) is 7. The van der Waals surface area contributed by atoms with Gasteiger partial charge in [0.05, 0.1) is 25.8 Å². The van der Waals surface area contributed by atoms with E-state index in [1.165, 1.54) is 0 Å². The minimum absolute atomic E-state index is 0.0456. The number of nitrogens with one attached hydrogen (secondary N) is 1. The van der Waals surface area contributed by atoms with Crippen LogP contribution in [0.15, 0.2) is 78.9 Å². The van der Waals surface area contributed by atoms with Crippen LogP contribution in [0.1, 0.15) is 17.2 Å². The topological polar surface area (TPSA) is 102 Å². The van der Waals surface area contributed by atoms with Crippen LogP contribution >= 0.6 is 0 Å². The predicted molar refractivity (Wildman–Crippen MR) is 151 cm³/mol. The summed E-state index contributed by atoms with van der Waals surface area (Å²) in [6.07, 6.45) is 0. The average molecular weight is 543 g/mol. The summed E-state index contributed by atoms with van der Waals surface area (Å²) in [5, 5.41) is 11.5. The Kier molecular flexibility index (Phi) is 9.00. The molecule has 208 valence electrons. The second-order valence-electron chi connectivity index (χ2n) is 9.66. The third kappa shape index (κ3) is 6.64. The molecule has 2 heterocycles. The smallest absolute Gasteiger partial charge is 0.247 e. The number of methoxy groups -OCH3 is 1. The van der Waals surface area contributed by atoms with Crippen molar-refractivity contribution in [1.82, 2.24) is 30.1 Å². The molecule has 3 aromatic carbocycles. The number of fused-ring (bicyclic) bond motifs is 1. The lowest BCUT2D eigenvalue weighted by atomic mass is 10.0. The Morgan fingerprint density at radius 2 is 1.80 bits per heavy atom. The Labute approximate surface area is 233 Å². The Morgan fingerprint density at radius 1 is 1.02 bits per heavy atom. The van der Waals surface area contributed by atoms with Gasteiger partial charge in [-0.1, -0.05) is 59.8 Å². The first-order valence-electron chi connectivity index (χ1n) is 13.5. The number of aromatic nitrogens is 3. The maximum atomic E-state index is 14.1. The van der Waals surface area contributed by atoms with Crippen LogP contribution in [-0.2, 0) is 27.4 Å². The van der Waals surface area contributed by atoms with Gasteiger partial charge in [-0.05, 0) is 35.4 Å². The van der Waals surface area contributed by atoms with Gasteiger partial charge in [0.15, 0.2) is 0 Å². The summed E-state index contributed by atoms with van der Waals surface area (Å²) in [6.45, 7) is 4.12. The molecule has 1 saturated heterocycles. The fourth-order valence-electron chi connectivity index (χ4n) is 4.89. The minimum atomic E-state index is -0.873. The van der Waals surface area contributed by atoms with Crippen LogP contribution in [0.4, 0.5) is 0 Å². The molecule has 0 radical (unpaired) electrons. The van der Waals surface area contributed by atoms with E-state index in [1.54, 1.807) is 16.7 Å². The van der Waals surface area contributed by atoms with Crippen molar-refractivity contribution in [3.63, 3.8) is 0 Å². The van der Waals surface area contributed by atoms with Crippen LogP contribution in [-0.4, -0.2) is 83.1 Å². The van der Waals surface area contributed by atoms with Crippen molar-refractivity contribution in [3.8, 4) is 5.75 Å². The molecule has 4 aromatic rings. The van der Waals surface area contributed by atoms with Gasteiger partial charge < -0.3 is 19.7 Å². The lowest BCUT2D eigenvalue weighted by Crippen LogP contribution is -2.49. The SMILES string of the molecule is COc1cccc([C@H](C(=O)NCc2ccccc2)N(CCN2CCOCC2)C(=O)Cn2nnc3ccccc32)c1. The number of hydrogen-bond donors (Lipinski definition) is 1. The normalized spacial score (nSPS) is 14.5. The van der Waals surface area contributed by atoms with E-state index >= 15 is 0 Å². The highest BCUT2D eigenvalue weighted by Gasteiger charge is 2.32. The van der Waals surface area contributed by atoms with Crippen molar-refractivity contribution in [1.29, 1.82) is 0 Å². The zero-order chi connectivity index (χ0) is 27.7. The van der Waals surface area contributed by atoms with Crippen molar-refractivity contribution in [2.24, 2.45) is 0 Å². The van der Waals surface area contributed by atoms with E-state index in [0.29, 0.717) is 49.7 Å². The van der Waals surface area contributed by atoms with Crippen molar-refractivity contribution in [3.05, 3.63) is 90.0 Å². The Bertz CT molecular complexity index is 1420. The van der Waals surface area contributed by atoms with Gasteiger partial charge in [-0.2, -0.15) is 0 Å². The molecule has 1 atom stereocenters. The van der Waals surface area contributed by atoms with Crippen molar-refractivity contribution >= 4 is 22.8 Å². The first-order valence-corrected chi connectivity index (χ1v) is 13.5. The highest BCUT2D eigenvalue weighted by atomic mass is 16.5. The van der Waals surface area contributed by atoms with Crippen molar-refractivity contribution in [2.75, 3.05) is 46.5 Å². The summed E-state index contributed by atoms with van der Waals surface area (Å²) in [4.78, 5) is 31.9. The first-order chi connectivity index (χ1) is 19.6. The van der Waals surface area contributed by atoms with Crippen LogP contribution in [0.25, 0.3) is 11.0 Å². The number of carbonyl (C=O) groups excluding carboxylic acids is 2. The molecule has 0 aliphatic carbocycles. The summed E-state index contributed by atoms with van der Waals surface area (Å²) < 4.78 is 12.6. The zero-order valence-electron chi connectivity index (χ0n) is 22.6. The highest BCUT2D eigenvalue weighted by molar-refractivity contribution is 5.89. The summed E-state index contributed by atoms with van der Waals surface area (Å²) in [6, 6.07) is 23.7. The Hall–Kier alpha value is -4.28. The van der Waals surface area contributed by atoms with Gasteiger partial charge >= 0.3 is 0 Å². The molecule has 0 spiro atoms. The minimum Gasteiger partial charge on any atom is -0.497 e. The van der Waals surface area contributed by atoms with Crippen LogP contribution in [0.3, 0.4) is 0 Å². The van der Waals surface area contributed by atoms with Crippen molar-refractivity contribution in [2.45, 2.75) is 19.1 Å². The molecule has 2 amide bonds. The van der Waals surface area contributed by atoms with Crippen LogP contribution in [0.5, 0.6) is 5.75 Å². The lowest BCUT2D eigenvalue weighted by molar-refractivity contribution is -0.142. The van der Waals surface area contributed by atoms with Gasteiger partial charge in [0, 0.05) is 32.7 Å². The van der Waals surface area contributed by atoms with E-state index < -0.39 is 6.04 Å². The molecular weight excluding hydrogens is 508 g/mol. The van der Waals surface area contributed by atoms with Crippen molar-refractivity contribution < 1.29 is 19.1 Å². The third-order valence-electron chi connectivity index (χ3n) is 7.07. The van der Waals surface area contributed by atoms with Gasteiger partial charge in [-0.25, -0.2) is 4.68 Å². The molecule has 1 aliphatic rings. The molecule has 1 fully saturated rings. The number of ether oxygens (including phenoxy) is 2. The summed E-state index contributed by atoms with van der Waals surface area (Å²) in [5.74, 6) is 0.115. The summed E-state index contributed by atoms with van der Waals surface area (Å²) in [5.41, 5.74) is 3.11. The standard InChI is InChI=1S/C30H34N6O4/c1-39-25-11-7-10-24(20-25)29(30(38)31-21-23-8-3-2-4-9-23)35(15-14-34-16-18-40-19-17-34)28(37)22-36-27-13-6-5-12-26(27)32-33-36/h2-13,20,29H,14-19,21-22H2,1H3,(H,31,38)/t29-/m1/s1. The molecule has 1 aromatic heterocycles. The van der Waals surface area contributed by atoms with E-state index in [1.807, 2.05) is 78.9 Å². The molecule has 10 nitrogen and oxygen atoms in total. The number of para-hydroxylation sites is 1. The van der Waals surface area contributed by atoms with Gasteiger partial charge in [-0.3, -0.25) is 14.5 Å². The molecule has 0 bridgehead atoms. The molecule has 0 unspecified atom stereocenters. The summed E-state index contributed by atoms with van der Waals surface area (Å²) >= 11 is 0. The quantitative estimate of drug-likeness (QED) is 0.311. The van der Waals surface area contributed by atoms with E-state index in [-0.39, 0.29) is 18.4 Å². The maximum absolute atomic E-state index is 14.1. The molecule has 1 aliphatic heterocycles. The van der Waals surface area contributed by atoms with Crippen LogP contribution in [0.2, 0.25) is 0 Å². The van der Waals surface area contributed by atoms with Crippen LogP contribution in [0, 0.1) is 0 Å². The number of carbonyl (C=O) groups is 2. The maximum Gasteiger partial charge on any atom is 0.247 e. The molecular formula is C30H34N6O4. The Morgan fingerprint density at radius 3 is 2.60 bits per heavy atom. The van der Waals surface area contributed by atoms with E-state index in [0.717, 1.165) is 24.2 Å². The second kappa shape index (κ2) is 13.2. The largest absolute Gasteiger partial charge is 0.497 e. The molecule has 40 heavy (non-hydrogen) atoms. The van der Waals surface area contributed by atoms with E-state index in [4.69, 9.17) is 9.47 Å². The number of rotatable bonds is 11. The molecule has 10 heteroatoms. The van der Waals surface area contributed by atoms with Gasteiger partial charge in [0.2, 0.25) is 11.8 Å². The van der Waals surface area contributed by atoms with Crippen LogP contribution < -0.4 is 10.1 Å². The molecule has 0 saturated carbocycles. The Balaban J connectivity index is 1.46. The molecule has 1 N–H and O–H groups in total. The number of amides is 2. The van der Waals surface area contributed by atoms with Gasteiger partial charge in [-0.15, -0.1) is 5.10 Å². The average Bonchev–Trinajstić information content (AvgIpc) is 3.41. The van der Waals surface area contributed by atoms with E-state index in [2.05, 4.69) is 20.5 Å². The fourth-order valence-corrected chi connectivity index (χ4v) is 4.89. The third-order valence-corrected chi connectivity index (χ3v) is 7.07. The fraction of sp³-hybridized carbons (Fsp3) is 0.333. The van der Waals surface area contributed by atoms with E-state index in [9.17, 15) is 9.59 Å². The van der Waals surface area contributed by atoms with Gasteiger partial charge in [0.25, 0.3) is 0 Å². The second-order valence-corrected chi connectivity index (χ2v) is 9.66. The first kappa shape index (κ1) is 27.3. The zero-order valence-corrected chi connectivity index (χ0v) is 22.6. The number of nitrogens with zero attached hydrogens (tertiary/aromatic N) is 5. The number of morpholine rings is 1.